The highest BCUT2D eigenvalue weighted by Gasteiger charge is 2.09. The van der Waals surface area contributed by atoms with Crippen molar-refractivity contribution in [2.24, 2.45) is 0 Å². The van der Waals surface area contributed by atoms with Crippen LogP contribution in [0.1, 0.15) is 11.3 Å². The monoisotopic (exact) mass is 489 g/mol. The van der Waals surface area contributed by atoms with E-state index in [0.717, 1.165) is 27.8 Å². The van der Waals surface area contributed by atoms with E-state index in [1.54, 1.807) is 18.3 Å². The van der Waals surface area contributed by atoms with Crippen LogP contribution in [0.3, 0.4) is 0 Å². The Morgan fingerprint density at radius 3 is 2.74 bits per heavy atom. The smallest absolute Gasteiger partial charge is 0.246 e. The molecule has 9 heteroatoms. The van der Waals surface area contributed by atoms with E-state index in [0.29, 0.717) is 28.9 Å². The summed E-state index contributed by atoms with van der Waals surface area (Å²) in [6.07, 6.45) is 6.96. The number of nitrogens with zero attached hydrogens (tertiary/aromatic N) is 3. The zero-order valence-electron chi connectivity index (χ0n) is 19.3. The number of pyridine rings is 1. The number of methoxy groups -OCH3 is 1. The lowest BCUT2D eigenvalue weighted by Gasteiger charge is -2.12. The first kappa shape index (κ1) is 24.1. The molecule has 0 saturated heterocycles. The number of hydrogen-bond acceptors (Lipinski definition) is 7. The molecule has 4 aromatic rings. The zero-order valence-corrected chi connectivity index (χ0v) is 20.0. The number of carbonyl (C=O) groups excluding carboxylic acids is 1. The number of benzene rings is 2. The number of carbonyl (C=O) groups is 1. The van der Waals surface area contributed by atoms with Gasteiger partial charge in [0.2, 0.25) is 5.91 Å². The summed E-state index contributed by atoms with van der Waals surface area (Å²) in [4.78, 5) is 24.5. The molecule has 2 aromatic heterocycles. The van der Waals surface area contributed by atoms with Crippen molar-refractivity contribution >= 4 is 46.0 Å². The Hall–Kier alpha value is -4.01. The summed E-state index contributed by atoms with van der Waals surface area (Å²) in [5, 5.41) is 7.36. The average Bonchev–Trinajstić information content (AvgIpc) is 2.85. The number of halogens is 1. The molecule has 2 heterocycles. The van der Waals surface area contributed by atoms with Crippen molar-refractivity contribution < 1.29 is 14.3 Å². The Labute approximate surface area is 208 Å². The Morgan fingerprint density at radius 2 is 1.97 bits per heavy atom. The van der Waals surface area contributed by atoms with Crippen LogP contribution < -0.4 is 15.4 Å². The second kappa shape index (κ2) is 11.4. The molecular formula is C26H24ClN5O3. The summed E-state index contributed by atoms with van der Waals surface area (Å²) in [5.74, 6) is 1.62. The highest BCUT2D eigenvalue weighted by atomic mass is 35.5. The van der Waals surface area contributed by atoms with E-state index in [9.17, 15) is 4.79 Å². The summed E-state index contributed by atoms with van der Waals surface area (Å²) in [5.41, 5.74) is 3.41. The normalized spacial score (nSPS) is 11.1. The standard InChI is InChI=1S/C26H24ClN5O3/c1-17-5-8-20(14-29-17)35-24-10-7-19(13-22(24)27)32-26-21-12-18(6-9-23(21)30-16-31-26)4-3-11-28-25(33)15-34-2/h3-10,12-14,16H,11,15H2,1-2H3,(H,28,33)(H,30,31,32). The maximum atomic E-state index is 11.5. The Kier molecular flexibility index (Phi) is 7.87. The molecule has 0 aliphatic carbocycles. The summed E-state index contributed by atoms with van der Waals surface area (Å²) in [7, 11) is 1.48. The second-order valence-electron chi connectivity index (χ2n) is 7.65. The van der Waals surface area contributed by atoms with Gasteiger partial charge in [-0.3, -0.25) is 9.78 Å². The summed E-state index contributed by atoms with van der Waals surface area (Å²) < 4.78 is 10.6. The van der Waals surface area contributed by atoms with Crippen molar-refractivity contribution in [3.05, 3.63) is 83.4 Å². The van der Waals surface area contributed by atoms with Crippen molar-refractivity contribution in [1.29, 1.82) is 0 Å². The van der Waals surface area contributed by atoms with Gasteiger partial charge in [-0.25, -0.2) is 9.97 Å². The number of aromatic nitrogens is 3. The predicted octanol–water partition coefficient (Wildman–Crippen LogP) is 5.30. The van der Waals surface area contributed by atoms with E-state index in [1.807, 2.05) is 55.5 Å². The van der Waals surface area contributed by atoms with Gasteiger partial charge < -0.3 is 20.1 Å². The molecule has 4 rings (SSSR count). The van der Waals surface area contributed by atoms with E-state index in [-0.39, 0.29) is 12.5 Å². The fourth-order valence-electron chi connectivity index (χ4n) is 3.27. The van der Waals surface area contributed by atoms with Crippen LogP contribution >= 0.6 is 11.6 Å². The molecule has 0 fully saturated rings. The van der Waals surface area contributed by atoms with Crippen LogP contribution in [-0.4, -0.2) is 41.1 Å². The Balaban J connectivity index is 1.49. The van der Waals surface area contributed by atoms with E-state index < -0.39 is 0 Å². The zero-order chi connectivity index (χ0) is 24.6. The number of nitrogens with one attached hydrogen (secondary N) is 2. The molecule has 2 aromatic carbocycles. The van der Waals surface area contributed by atoms with Crippen LogP contribution in [0.15, 0.2) is 67.1 Å². The largest absolute Gasteiger partial charge is 0.454 e. The molecule has 0 aliphatic rings. The molecule has 178 valence electrons. The fourth-order valence-corrected chi connectivity index (χ4v) is 3.49. The van der Waals surface area contributed by atoms with Crippen molar-refractivity contribution in [3.63, 3.8) is 0 Å². The molecule has 1 amide bonds. The SMILES string of the molecule is COCC(=O)NCC=Cc1ccc2ncnc(Nc3ccc(Oc4ccc(C)nc4)c(Cl)c3)c2c1. The number of fused-ring (bicyclic) bond motifs is 1. The van der Waals surface area contributed by atoms with Crippen molar-refractivity contribution in [3.8, 4) is 11.5 Å². The molecule has 0 unspecified atom stereocenters. The highest BCUT2D eigenvalue weighted by molar-refractivity contribution is 6.32. The van der Waals surface area contributed by atoms with E-state index in [2.05, 4.69) is 25.6 Å². The van der Waals surface area contributed by atoms with Crippen LogP contribution in [0.25, 0.3) is 17.0 Å². The van der Waals surface area contributed by atoms with Gasteiger partial charge in [-0.05, 0) is 55.0 Å². The summed E-state index contributed by atoms with van der Waals surface area (Å²) in [6, 6.07) is 15.0. The Morgan fingerprint density at radius 1 is 1.09 bits per heavy atom. The van der Waals surface area contributed by atoms with E-state index in [4.69, 9.17) is 21.1 Å². The number of ether oxygens (including phenoxy) is 2. The van der Waals surface area contributed by atoms with Crippen LogP contribution in [0.4, 0.5) is 11.5 Å². The minimum absolute atomic E-state index is 0.0382. The molecule has 0 atom stereocenters. The molecule has 0 bridgehead atoms. The maximum absolute atomic E-state index is 11.5. The second-order valence-corrected chi connectivity index (χ2v) is 8.05. The number of amides is 1. The van der Waals surface area contributed by atoms with E-state index in [1.165, 1.54) is 13.4 Å². The third-order valence-corrected chi connectivity index (χ3v) is 5.26. The number of anilines is 2. The van der Waals surface area contributed by atoms with E-state index >= 15 is 0 Å². The topological polar surface area (TPSA) is 98.3 Å². The summed E-state index contributed by atoms with van der Waals surface area (Å²) >= 11 is 6.47. The van der Waals surface area contributed by atoms with Crippen LogP contribution in [-0.2, 0) is 9.53 Å². The third kappa shape index (κ3) is 6.53. The van der Waals surface area contributed by atoms with Gasteiger partial charge in [0.25, 0.3) is 0 Å². The first-order chi connectivity index (χ1) is 17.0. The molecular weight excluding hydrogens is 466 g/mol. The van der Waals surface area contributed by atoms with Gasteiger partial charge >= 0.3 is 0 Å². The quantitative estimate of drug-likeness (QED) is 0.329. The molecule has 2 N–H and O–H groups in total. The van der Waals surface area contributed by atoms with Gasteiger partial charge in [-0.1, -0.05) is 29.8 Å². The van der Waals surface area contributed by atoms with Crippen molar-refractivity contribution in [1.82, 2.24) is 20.3 Å². The molecule has 0 radical (unpaired) electrons. The minimum Gasteiger partial charge on any atom is -0.454 e. The first-order valence-electron chi connectivity index (χ1n) is 10.9. The van der Waals surface area contributed by atoms with Crippen molar-refractivity contribution in [2.75, 3.05) is 25.6 Å². The molecule has 0 aliphatic heterocycles. The summed E-state index contributed by atoms with van der Waals surface area (Å²) in [6.45, 7) is 2.36. The fraction of sp³-hybridized carbons (Fsp3) is 0.154. The highest BCUT2D eigenvalue weighted by Crippen LogP contribution is 2.33. The van der Waals surface area contributed by atoms with Crippen LogP contribution in [0.5, 0.6) is 11.5 Å². The van der Waals surface area contributed by atoms with Gasteiger partial charge in [0.15, 0.2) is 0 Å². The van der Waals surface area contributed by atoms with Crippen LogP contribution in [0, 0.1) is 6.92 Å². The minimum atomic E-state index is -0.166. The van der Waals surface area contributed by atoms with Gasteiger partial charge in [-0.2, -0.15) is 0 Å². The molecule has 8 nitrogen and oxygen atoms in total. The average molecular weight is 490 g/mol. The lowest BCUT2D eigenvalue weighted by molar-refractivity contribution is -0.124. The Bertz CT molecular complexity index is 1360. The number of aryl methyl sites for hydroxylation is 1. The van der Waals surface area contributed by atoms with Crippen molar-refractivity contribution in [2.45, 2.75) is 6.92 Å². The van der Waals surface area contributed by atoms with Gasteiger partial charge in [0.1, 0.15) is 30.3 Å². The number of hydrogen-bond donors (Lipinski definition) is 2. The first-order valence-corrected chi connectivity index (χ1v) is 11.2. The lowest BCUT2D eigenvalue weighted by Crippen LogP contribution is -2.26. The molecule has 0 spiro atoms. The third-order valence-electron chi connectivity index (χ3n) is 4.97. The predicted molar refractivity (Wildman–Crippen MR) is 137 cm³/mol. The lowest BCUT2D eigenvalue weighted by atomic mass is 10.1. The maximum Gasteiger partial charge on any atom is 0.246 e. The van der Waals surface area contributed by atoms with Crippen LogP contribution in [0.2, 0.25) is 5.02 Å². The molecule has 0 saturated carbocycles. The van der Waals surface area contributed by atoms with Gasteiger partial charge in [0, 0.05) is 30.4 Å². The molecule has 35 heavy (non-hydrogen) atoms. The number of rotatable bonds is 9. The van der Waals surface area contributed by atoms with Gasteiger partial charge in [-0.15, -0.1) is 0 Å². The van der Waals surface area contributed by atoms with Gasteiger partial charge in [0.05, 0.1) is 16.7 Å².